The number of primary amides is 1. The van der Waals surface area contributed by atoms with Gasteiger partial charge in [-0.15, -0.1) is 11.3 Å². The van der Waals surface area contributed by atoms with Gasteiger partial charge in [-0.25, -0.2) is 4.98 Å². The van der Waals surface area contributed by atoms with Gasteiger partial charge in [-0.3, -0.25) is 4.79 Å². The summed E-state index contributed by atoms with van der Waals surface area (Å²) in [7, 11) is -1.67. The van der Waals surface area contributed by atoms with Crippen molar-refractivity contribution in [2.24, 2.45) is 5.73 Å². The fourth-order valence-corrected chi connectivity index (χ4v) is 5.58. The van der Waals surface area contributed by atoms with Gasteiger partial charge >= 0.3 is 0 Å². The van der Waals surface area contributed by atoms with Crippen molar-refractivity contribution in [2.75, 3.05) is 30.3 Å². The summed E-state index contributed by atoms with van der Waals surface area (Å²) in [5.74, 6) is 0.358. The minimum atomic E-state index is -1.67. The minimum absolute atomic E-state index is 0.242. The minimum Gasteiger partial charge on any atom is -0.417 e. The van der Waals surface area contributed by atoms with E-state index in [-0.39, 0.29) is 6.10 Å². The fourth-order valence-electron chi connectivity index (χ4n) is 3.59. The Kier molecular flexibility index (Phi) is 7.06. The van der Waals surface area contributed by atoms with Crippen molar-refractivity contribution in [1.29, 1.82) is 0 Å². The van der Waals surface area contributed by atoms with Gasteiger partial charge in [0, 0.05) is 25.1 Å². The number of carbonyl (C=O) groups excluding carboxylic acids is 1. The van der Waals surface area contributed by atoms with Crippen molar-refractivity contribution in [1.82, 2.24) is 4.98 Å². The molecule has 1 saturated heterocycles. The largest absolute Gasteiger partial charge is 0.417 e. The molecule has 0 saturated carbocycles. The Labute approximate surface area is 183 Å². The van der Waals surface area contributed by atoms with Crippen LogP contribution in [-0.2, 0) is 10.8 Å². The number of amides is 1. The summed E-state index contributed by atoms with van der Waals surface area (Å²) in [5.41, 5.74) is 13.9. The molecule has 3 heterocycles. The van der Waals surface area contributed by atoms with Gasteiger partial charge in [0.05, 0.1) is 11.8 Å². The first kappa shape index (κ1) is 23.0. The normalized spacial score (nSPS) is 16.0. The third-order valence-electron chi connectivity index (χ3n) is 6.23. The summed E-state index contributed by atoms with van der Waals surface area (Å²) >= 11 is 1.26. The highest BCUT2D eigenvalue weighted by molar-refractivity contribution is 7.21. The van der Waals surface area contributed by atoms with Gasteiger partial charge in [-0.1, -0.05) is 13.8 Å². The molecule has 0 atom stereocenters. The Bertz CT molecular complexity index is 907. The van der Waals surface area contributed by atoms with Crippen LogP contribution >= 0.6 is 11.3 Å². The number of rotatable bonds is 8. The Balaban J connectivity index is 1.87. The van der Waals surface area contributed by atoms with E-state index in [1.54, 1.807) is 0 Å². The van der Waals surface area contributed by atoms with Gasteiger partial charge < -0.3 is 25.9 Å². The summed E-state index contributed by atoms with van der Waals surface area (Å²) < 4.78 is 6.24. The highest BCUT2D eigenvalue weighted by atomic mass is 32.1. The number of nitrogens with two attached hydrogens (primary N) is 2. The van der Waals surface area contributed by atoms with E-state index in [1.807, 2.05) is 0 Å². The summed E-state index contributed by atoms with van der Waals surface area (Å²) in [6, 6.07) is 2.08. The van der Waals surface area contributed by atoms with E-state index in [2.05, 4.69) is 37.9 Å². The van der Waals surface area contributed by atoms with Gasteiger partial charge in [0.25, 0.3) is 5.91 Å². The third-order valence-corrected chi connectivity index (χ3v) is 11.1. The lowest BCUT2D eigenvalue weighted by molar-refractivity contribution is 0.100. The zero-order valence-corrected chi connectivity index (χ0v) is 20.2. The van der Waals surface area contributed by atoms with E-state index in [4.69, 9.17) is 20.9 Å². The number of aryl methyl sites for hydroxylation is 1. The van der Waals surface area contributed by atoms with Gasteiger partial charge in [0.1, 0.15) is 15.5 Å². The molecule has 0 aliphatic carbocycles. The molecule has 0 unspecified atom stereocenters. The van der Waals surface area contributed by atoms with Crippen LogP contribution in [0.4, 0.5) is 11.5 Å². The average Bonchev–Trinajstić information content (AvgIpc) is 3.02. The van der Waals surface area contributed by atoms with E-state index in [9.17, 15) is 9.90 Å². The SMILES string of the molecule is CC(C)[Si](C)(C)OCCCc1cc(N2CCC(O)CC2)nc2sc(C(N)=O)c(N)c12. The molecule has 2 aromatic heterocycles. The first-order valence-corrected chi connectivity index (χ1v) is 14.5. The summed E-state index contributed by atoms with van der Waals surface area (Å²) in [4.78, 5) is 19.9. The van der Waals surface area contributed by atoms with Crippen molar-refractivity contribution in [3.63, 3.8) is 0 Å². The molecule has 5 N–H and O–H groups in total. The Morgan fingerprint density at radius 2 is 2.07 bits per heavy atom. The second-order valence-electron chi connectivity index (χ2n) is 8.96. The Morgan fingerprint density at radius 3 is 2.67 bits per heavy atom. The molecule has 1 aliphatic heterocycles. The molecule has 30 heavy (non-hydrogen) atoms. The molecular weight excluding hydrogens is 416 g/mol. The van der Waals surface area contributed by atoms with Crippen LogP contribution in [0.25, 0.3) is 10.2 Å². The van der Waals surface area contributed by atoms with Crippen molar-refractivity contribution in [3.8, 4) is 0 Å². The van der Waals surface area contributed by atoms with Gasteiger partial charge in [-0.2, -0.15) is 0 Å². The maximum atomic E-state index is 11.8. The number of hydrogen-bond donors (Lipinski definition) is 3. The first-order valence-electron chi connectivity index (χ1n) is 10.7. The van der Waals surface area contributed by atoms with Crippen LogP contribution in [0.2, 0.25) is 18.6 Å². The number of fused-ring (bicyclic) bond motifs is 1. The lowest BCUT2D eigenvalue weighted by Gasteiger charge is -2.31. The highest BCUT2D eigenvalue weighted by Crippen LogP contribution is 2.37. The number of anilines is 2. The van der Waals surface area contributed by atoms with Gasteiger partial charge in [0.2, 0.25) is 0 Å². The predicted octanol–water partition coefficient (Wildman–Crippen LogP) is 3.50. The second-order valence-corrected chi connectivity index (χ2v) is 14.6. The number of piperidine rings is 1. The van der Waals surface area contributed by atoms with E-state index < -0.39 is 14.2 Å². The standard InChI is InChI=1S/C21H34N4O3SSi/c1-13(2)30(3,4)28-11-5-6-14-12-16(25-9-7-15(26)8-10-25)24-21-17(14)18(22)19(29-21)20(23)27/h12-13,15,26H,5-11,22H2,1-4H3,(H2,23,27). The van der Waals surface area contributed by atoms with Gasteiger partial charge in [0.15, 0.2) is 8.32 Å². The molecule has 0 aromatic carbocycles. The van der Waals surface area contributed by atoms with Crippen LogP contribution in [0, 0.1) is 0 Å². The number of pyridine rings is 1. The first-order chi connectivity index (χ1) is 14.1. The third kappa shape index (κ3) is 4.96. The fraction of sp³-hybridized carbons (Fsp3) is 0.619. The molecule has 0 bridgehead atoms. The predicted molar refractivity (Wildman–Crippen MR) is 127 cm³/mol. The summed E-state index contributed by atoms with van der Waals surface area (Å²) in [6.45, 7) is 11.2. The molecule has 0 radical (unpaired) electrons. The number of nitrogen functional groups attached to an aromatic ring is 1. The van der Waals surface area contributed by atoms with Crippen LogP contribution in [0.3, 0.4) is 0 Å². The molecule has 1 aliphatic rings. The molecule has 1 fully saturated rings. The molecule has 2 aromatic rings. The molecule has 1 amide bonds. The van der Waals surface area contributed by atoms with Crippen molar-refractivity contribution in [2.45, 2.75) is 64.3 Å². The van der Waals surface area contributed by atoms with Crippen molar-refractivity contribution >= 4 is 47.3 Å². The highest BCUT2D eigenvalue weighted by Gasteiger charge is 2.27. The maximum absolute atomic E-state index is 11.8. The second kappa shape index (κ2) is 9.21. The number of aromatic nitrogens is 1. The van der Waals surface area contributed by atoms with E-state index >= 15 is 0 Å². The number of aliphatic hydroxyl groups excluding tert-OH is 1. The quantitative estimate of drug-likeness (QED) is 0.419. The zero-order valence-electron chi connectivity index (χ0n) is 18.4. The van der Waals surface area contributed by atoms with Crippen molar-refractivity contribution in [3.05, 3.63) is 16.5 Å². The monoisotopic (exact) mass is 450 g/mol. The van der Waals surface area contributed by atoms with Gasteiger partial charge in [-0.05, 0) is 55.9 Å². The maximum Gasteiger partial charge on any atom is 0.260 e. The molecule has 3 rings (SSSR count). The smallest absolute Gasteiger partial charge is 0.260 e. The Morgan fingerprint density at radius 1 is 1.40 bits per heavy atom. The van der Waals surface area contributed by atoms with Crippen LogP contribution in [0.1, 0.15) is 48.3 Å². The zero-order chi connectivity index (χ0) is 22.1. The molecule has 166 valence electrons. The average molecular weight is 451 g/mol. The van der Waals surface area contributed by atoms with Crippen LogP contribution < -0.4 is 16.4 Å². The number of carbonyl (C=O) groups is 1. The summed E-state index contributed by atoms with van der Waals surface area (Å²) in [5, 5.41) is 10.7. The topological polar surface area (TPSA) is 115 Å². The number of aliphatic hydroxyl groups is 1. The van der Waals surface area contributed by atoms with E-state index in [1.165, 1.54) is 11.3 Å². The lowest BCUT2D eigenvalue weighted by atomic mass is 10.0. The molecule has 0 spiro atoms. The number of hydrogen-bond acceptors (Lipinski definition) is 7. The van der Waals surface area contributed by atoms with Crippen molar-refractivity contribution < 1.29 is 14.3 Å². The van der Waals surface area contributed by atoms with E-state index in [0.717, 1.165) is 60.4 Å². The number of nitrogens with zero attached hydrogens (tertiary/aromatic N) is 2. The van der Waals surface area contributed by atoms with E-state index in [0.29, 0.717) is 22.7 Å². The Hall–Kier alpha value is -1.68. The van der Waals surface area contributed by atoms with Crippen LogP contribution in [0.15, 0.2) is 6.07 Å². The molecule has 9 heteroatoms. The lowest BCUT2D eigenvalue weighted by Crippen LogP contribution is -2.36. The molecule has 7 nitrogen and oxygen atoms in total. The van der Waals surface area contributed by atoms with Crippen LogP contribution in [-0.4, -0.2) is 50.1 Å². The number of thiophene rings is 1. The molecular formula is C21H34N4O3SSi. The summed E-state index contributed by atoms with van der Waals surface area (Å²) in [6.07, 6.45) is 2.90. The van der Waals surface area contributed by atoms with Crippen LogP contribution in [0.5, 0.6) is 0 Å².